The molecule has 3 aliphatic heterocycles. The van der Waals surface area contributed by atoms with Crippen LogP contribution in [0.15, 0.2) is 59.1 Å². The fourth-order valence-corrected chi connectivity index (χ4v) is 4.87. The van der Waals surface area contributed by atoms with Gasteiger partial charge in [0.05, 0.1) is 17.6 Å². The molecule has 0 unspecified atom stereocenters. The van der Waals surface area contributed by atoms with Crippen molar-refractivity contribution in [3.8, 4) is 0 Å². The number of para-hydroxylation sites is 1. The molecule has 3 heterocycles. The van der Waals surface area contributed by atoms with Gasteiger partial charge in [0.25, 0.3) is 5.91 Å². The van der Waals surface area contributed by atoms with E-state index in [1.807, 2.05) is 42.5 Å². The molecule has 0 radical (unpaired) electrons. The van der Waals surface area contributed by atoms with Gasteiger partial charge >= 0.3 is 0 Å². The van der Waals surface area contributed by atoms with Gasteiger partial charge < -0.3 is 0 Å². The van der Waals surface area contributed by atoms with E-state index in [0.29, 0.717) is 5.69 Å². The van der Waals surface area contributed by atoms with Gasteiger partial charge in [0.2, 0.25) is 5.91 Å². The third-order valence-electron chi connectivity index (χ3n) is 5.63. The zero-order chi connectivity index (χ0) is 17.8. The van der Waals surface area contributed by atoms with Crippen LogP contribution in [0, 0.1) is 5.92 Å². The number of hydrogen-bond acceptors (Lipinski definition) is 4. The largest absolute Gasteiger partial charge is 0.274 e. The van der Waals surface area contributed by atoms with Crippen molar-refractivity contribution >= 4 is 33.4 Å². The summed E-state index contributed by atoms with van der Waals surface area (Å²) in [7, 11) is 0. The molecule has 0 saturated carbocycles. The van der Waals surface area contributed by atoms with E-state index in [1.165, 1.54) is 4.90 Å². The summed E-state index contributed by atoms with van der Waals surface area (Å²) in [6, 6.07) is 16.9. The second-order valence-electron chi connectivity index (χ2n) is 6.99. The van der Waals surface area contributed by atoms with E-state index in [1.54, 1.807) is 0 Å². The highest BCUT2D eigenvalue weighted by Crippen LogP contribution is 2.48. The molecule has 6 heteroatoms. The van der Waals surface area contributed by atoms with E-state index in [0.717, 1.165) is 29.5 Å². The van der Waals surface area contributed by atoms with Crippen LogP contribution in [0.25, 0.3) is 0 Å². The monoisotopic (exact) mass is 411 g/mol. The molecule has 0 aliphatic carbocycles. The Morgan fingerprint density at radius 3 is 2.15 bits per heavy atom. The number of fused-ring (bicyclic) bond motifs is 3. The molecule has 0 N–H and O–H groups in total. The number of carbonyl (C=O) groups is 2. The van der Waals surface area contributed by atoms with Crippen molar-refractivity contribution in [3.05, 3.63) is 64.6 Å². The van der Waals surface area contributed by atoms with Gasteiger partial charge in [0.1, 0.15) is 6.04 Å². The van der Waals surface area contributed by atoms with E-state index in [9.17, 15) is 9.59 Å². The maximum absolute atomic E-state index is 13.3. The Balaban J connectivity index is 1.59. The highest BCUT2D eigenvalue weighted by Gasteiger charge is 2.62. The maximum atomic E-state index is 13.3. The average molecular weight is 412 g/mol. The van der Waals surface area contributed by atoms with Crippen LogP contribution in [0.5, 0.6) is 0 Å². The van der Waals surface area contributed by atoms with Crippen LogP contribution >= 0.6 is 15.9 Å². The van der Waals surface area contributed by atoms with E-state index in [2.05, 4.69) is 38.1 Å². The second-order valence-corrected chi connectivity index (χ2v) is 7.91. The molecule has 2 amide bonds. The Hall–Kier alpha value is -2.02. The summed E-state index contributed by atoms with van der Waals surface area (Å²) in [5, 5.41) is 4.36. The average Bonchev–Trinajstić information content (AvgIpc) is 3.29. The molecule has 132 valence electrons. The normalized spacial score (nSPS) is 28.7. The van der Waals surface area contributed by atoms with Crippen molar-refractivity contribution < 1.29 is 9.59 Å². The summed E-state index contributed by atoms with van der Waals surface area (Å²) in [5.74, 6) is -0.546. The predicted molar refractivity (Wildman–Crippen MR) is 101 cm³/mol. The van der Waals surface area contributed by atoms with Gasteiger partial charge in [-0.1, -0.05) is 46.3 Å². The van der Waals surface area contributed by atoms with Crippen molar-refractivity contribution in [2.75, 3.05) is 18.0 Å². The molecule has 0 spiro atoms. The summed E-state index contributed by atoms with van der Waals surface area (Å²) in [4.78, 5) is 27.9. The second kappa shape index (κ2) is 6.01. The summed E-state index contributed by atoms with van der Waals surface area (Å²) >= 11 is 3.48. The number of nitrogens with zero attached hydrogens (tertiary/aromatic N) is 3. The third kappa shape index (κ3) is 2.22. The Kier molecular flexibility index (Phi) is 3.74. The predicted octanol–water partition coefficient (Wildman–Crippen LogP) is 2.98. The van der Waals surface area contributed by atoms with Crippen molar-refractivity contribution in [1.29, 1.82) is 0 Å². The molecule has 0 bridgehead atoms. The molecule has 3 atom stereocenters. The molecular weight excluding hydrogens is 394 g/mol. The lowest BCUT2D eigenvalue weighted by molar-refractivity contribution is -0.126. The Labute approximate surface area is 160 Å². The highest BCUT2D eigenvalue weighted by atomic mass is 79.9. The van der Waals surface area contributed by atoms with Crippen molar-refractivity contribution in [2.45, 2.75) is 18.5 Å². The van der Waals surface area contributed by atoms with Crippen LogP contribution in [0.2, 0.25) is 0 Å². The number of rotatable bonds is 2. The Morgan fingerprint density at radius 1 is 0.808 bits per heavy atom. The molecular formula is C20H18BrN3O2. The number of benzene rings is 2. The standard InChI is InChI=1S/C20H18BrN3O2/c21-14-9-7-13(8-10-14)17-16-18(23-12-4-11-22(17)23)20(26)24(19(16)25)15-5-2-1-3-6-15/h1-3,5-10,16-18H,4,11-12H2/t16-,17+,18+/m1/s1. The van der Waals surface area contributed by atoms with Crippen molar-refractivity contribution in [3.63, 3.8) is 0 Å². The van der Waals surface area contributed by atoms with Gasteiger partial charge in [-0.15, -0.1) is 0 Å². The lowest BCUT2D eigenvalue weighted by atomic mass is 9.90. The van der Waals surface area contributed by atoms with Gasteiger partial charge in [0, 0.05) is 17.6 Å². The fraction of sp³-hybridized carbons (Fsp3) is 0.300. The highest BCUT2D eigenvalue weighted by molar-refractivity contribution is 9.10. The minimum atomic E-state index is -0.390. The van der Waals surface area contributed by atoms with Gasteiger partial charge in [-0.2, -0.15) is 0 Å². The molecule has 26 heavy (non-hydrogen) atoms. The Bertz CT molecular complexity index is 870. The van der Waals surface area contributed by atoms with E-state index >= 15 is 0 Å². The minimum absolute atomic E-state index is 0.0826. The first-order valence-electron chi connectivity index (χ1n) is 8.88. The topological polar surface area (TPSA) is 43.9 Å². The number of imide groups is 1. The first-order chi connectivity index (χ1) is 12.7. The molecule has 2 aromatic rings. The SMILES string of the molecule is O=C1[C@H]2[C@@H](C(=O)N1c1ccccc1)N1CCCN1[C@H]2c1ccc(Br)cc1. The molecule has 3 aliphatic rings. The molecule has 0 aromatic heterocycles. The van der Waals surface area contributed by atoms with E-state index in [4.69, 9.17) is 0 Å². The van der Waals surface area contributed by atoms with Crippen LogP contribution in [0.1, 0.15) is 18.0 Å². The first-order valence-corrected chi connectivity index (χ1v) is 9.67. The number of halogens is 1. The summed E-state index contributed by atoms with van der Waals surface area (Å²) in [5.41, 5.74) is 1.75. The van der Waals surface area contributed by atoms with Crippen LogP contribution in [-0.4, -0.2) is 41.0 Å². The number of anilines is 1. The van der Waals surface area contributed by atoms with Gasteiger partial charge in [-0.25, -0.2) is 14.9 Å². The van der Waals surface area contributed by atoms with Gasteiger partial charge in [0.15, 0.2) is 0 Å². The lowest BCUT2D eigenvalue weighted by Crippen LogP contribution is -2.44. The third-order valence-corrected chi connectivity index (χ3v) is 6.16. The van der Waals surface area contributed by atoms with Gasteiger partial charge in [-0.05, 0) is 36.2 Å². The zero-order valence-corrected chi connectivity index (χ0v) is 15.7. The zero-order valence-electron chi connectivity index (χ0n) is 14.1. The number of carbonyl (C=O) groups excluding carboxylic acids is 2. The van der Waals surface area contributed by atoms with Crippen LogP contribution < -0.4 is 4.90 Å². The maximum Gasteiger partial charge on any atom is 0.253 e. The molecule has 2 aromatic carbocycles. The van der Waals surface area contributed by atoms with Gasteiger partial charge in [-0.3, -0.25) is 9.59 Å². The number of amides is 2. The molecule has 5 rings (SSSR count). The Morgan fingerprint density at radius 2 is 1.46 bits per heavy atom. The first kappa shape index (κ1) is 16.2. The lowest BCUT2D eigenvalue weighted by Gasteiger charge is -2.29. The number of hydrogen-bond donors (Lipinski definition) is 0. The molecule has 3 fully saturated rings. The van der Waals surface area contributed by atoms with E-state index < -0.39 is 0 Å². The van der Waals surface area contributed by atoms with Crippen LogP contribution in [0.3, 0.4) is 0 Å². The van der Waals surface area contributed by atoms with Crippen LogP contribution in [-0.2, 0) is 9.59 Å². The van der Waals surface area contributed by atoms with Crippen molar-refractivity contribution in [1.82, 2.24) is 10.0 Å². The van der Waals surface area contributed by atoms with Crippen molar-refractivity contribution in [2.24, 2.45) is 5.92 Å². The molecule has 3 saturated heterocycles. The summed E-state index contributed by atoms with van der Waals surface area (Å²) < 4.78 is 1.01. The fourth-order valence-electron chi connectivity index (χ4n) is 4.60. The minimum Gasteiger partial charge on any atom is -0.274 e. The smallest absolute Gasteiger partial charge is 0.253 e. The quantitative estimate of drug-likeness (QED) is 0.712. The number of hydrazine groups is 1. The van der Waals surface area contributed by atoms with E-state index in [-0.39, 0.29) is 29.8 Å². The summed E-state index contributed by atoms with van der Waals surface area (Å²) in [6.45, 7) is 1.72. The molecule has 5 nitrogen and oxygen atoms in total. The summed E-state index contributed by atoms with van der Waals surface area (Å²) in [6.07, 6.45) is 1.02. The van der Waals surface area contributed by atoms with Crippen LogP contribution in [0.4, 0.5) is 5.69 Å².